The number of benzene rings is 2. The van der Waals surface area contributed by atoms with Gasteiger partial charge >= 0.3 is 0 Å². The Bertz CT molecular complexity index is 1230. The highest BCUT2D eigenvalue weighted by Gasteiger charge is 2.15. The molecule has 0 radical (unpaired) electrons. The minimum Gasteiger partial charge on any atom is -0.323 e. The van der Waals surface area contributed by atoms with Gasteiger partial charge in [0.1, 0.15) is 16.5 Å². The molecule has 0 aliphatic heterocycles. The number of para-hydroxylation sites is 1. The number of amides is 2. The maximum absolute atomic E-state index is 13.7. The van der Waals surface area contributed by atoms with E-state index >= 15 is 0 Å². The summed E-state index contributed by atoms with van der Waals surface area (Å²) >= 11 is 1.35. The molecule has 0 aliphatic rings. The zero-order valence-corrected chi connectivity index (χ0v) is 17.0. The molecule has 4 aromatic rings. The van der Waals surface area contributed by atoms with Gasteiger partial charge in [0.2, 0.25) is 11.8 Å². The molecular weight excluding hydrogens is 403 g/mol. The van der Waals surface area contributed by atoms with Crippen molar-refractivity contribution < 1.29 is 14.0 Å². The third-order valence-electron chi connectivity index (χ3n) is 4.66. The molecular formula is C22H19FN4O2S. The lowest BCUT2D eigenvalue weighted by Gasteiger charge is -2.06. The maximum atomic E-state index is 13.7. The number of rotatable bonds is 6. The number of aromatic amines is 1. The van der Waals surface area contributed by atoms with Gasteiger partial charge in [-0.05, 0) is 36.2 Å². The zero-order chi connectivity index (χ0) is 21.1. The molecule has 0 aliphatic carbocycles. The van der Waals surface area contributed by atoms with Gasteiger partial charge in [0.15, 0.2) is 0 Å². The number of aryl methyl sites for hydroxylation is 1. The molecule has 2 aromatic carbocycles. The van der Waals surface area contributed by atoms with Crippen LogP contribution >= 0.6 is 11.3 Å². The van der Waals surface area contributed by atoms with E-state index in [-0.39, 0.29) is 30.3 Å². The maximum Gasteiger partial charge on any atom is 0.229 e. The molecule has 0 saturated heterocycles. The van der Waals surface area contributed by atoms with Gasteiger partial charge in [0.05, 0.1) is 23.9 Å². The first-order valence-electron chi connectivity index (χ1n) is 9.35. The van der Waals surface area contributed by atoms with Crippen molar-refractivity contribution in [3.8, 4) is 0 Å². The number of H-pyrrole nitrogens is 1. The predicted octanol–water partition coefficient (Wildman–Crippen LogP) is 4.43. The summed E-state index contributed by atoms with van der Waals surface area (Å²) in [6.45, 7) is 1.97. The molecule has 0 fully saturated rings. The SMILES string of the molecule is Cc1ccccc1CC(=O)Nc1[nH]nc2sc(CC(=O)Nc3ccccc3F)cc12. The van der Waals surface area contributed by atoms with Gasteiger partial charge in [-0.25, -0.2) is 4.39 Å². The number of nitrogens with zero attached hydrogens (tertiary/aromatic N) is 1. The van der Waals surface area contributed by atoms with Crippen LogP contribution in [0.2, 0.25) is 0 Å². The summed E-state index contributed by atoms with van der Waals surface area (Å²) in [5.74, 6) is -0.454. The number of carbonyl (C=O) groups is 2. The average molecular weight is 422 g/mol. The van der Waals surface area contributed by atoms with Gasteiger partial charge in [-0.15, -0.1) is 11.3 Å². The molecule has 8 heteroatoms. The molecule has 2 amide bonds. The van der Waals surface area contributed by atoms with Crippen LogP contribution in [0.4, 0.5) is 15.9 Å². The summed E-state index contributed by atoms with van der Waals surface area (Å²) in [6.07, 6.45) is 0.348. The van der Waals surface area contributed by atoms with Crippen molar-refractivity contribution in [1.29, 1.82) is 0 Å². The van der Waals surface area contributed by atoms with Crippen LogP contribution in [-0.2, 0) is 22.4 Å². The third kappa shape index (κ3) is 4.38. The second-order valence-electron chi connectivity index (χ2n) is 6.89. The number of nitrogens with one attached hydrogen (secondary N) is 3. The summed E-state index contributed by atoms with van der Waals surface area (Å²) in [5.41, 5.74) is 2.16. The van der Waals surface area contributed by atoms with Crippen molar-refractivity contribution >= 4 is 44.9 Å². The zero-order valence-electron chi connectivity index (χ0n) is 16.2. The first-order chi connectivity index (χ1) is 14.5. The average Bonchev–Trinajstić information content (AvgIpc) is 3.26. The number of aromatic nitrogens is 2. The fraction of sp³-hybridized carbons (Fsp3) is 0.136. The van der Waals surface area contributed by atoms with Crippen LogP contribution in [0.5, 0.6) is 0 Å². The predicted molar refractivity (Wildman–Crippen MR) is 116 cm³/mol. The van der Waals surface area contributed by atoms with Crippen LogP contribution in [0.3, 0.4) is 0 Å². The Morgan fingerprint density at radius 2 is 1.77 bits per heavy atom. The Morgan fingerprint density at radius 1 is 1.03 bits per heavy atom. The molecule has 4 rings (SSSR count). The number of hydrogen-bond acceptors (Lipinski definition) is 4. The van der Waals surface area contributed by atoms with Crippen molar-refractivity contribution in [3.63, 3.8) is 0 Å². The Labute approximate surface area is 176 Å². The van der Waals surface area contributed by atoms with Crippen LogP contribution in [0.1, 0.15) is 16.0 Å². The molecule has 0 atom stereocenters. The van der Waals surface area contributed by atoms with Gasteiger partial charge in [0.25, 0.3) is 0 Å². The second kappa shape index (κ2) is 8.46. The summed E-state index contributed by atoms with van der Waals surface area (Å²) in [7, 11) is 0. The fourth-order valence-electron chi connectivity index (χ4n) is 3.12. The van der Waals surface area contributed by atoms with E-state index in [9.17, 15) is 14.0 Å². The van der Waals surface area contributed by atoms with Gasteiger partial charge < -0.3 is 10.6 Å². The topological polar surface area (TPSA) is 86.9 Å². The lowest BCUT2D eigenvalue weighted by atomic mass is 10.1. The lowest BCUT2D eigenvalue weighted by molar-refractivity contribution is -0.116. The van der Waals surface area contributed by atoms with Crippen molar-refractivity contribution in [2.75, 3.05) is 10.6 Å². The quantitative estimate of drug-likeness (QED) is 0.429. The standard InChI is InChI=1S/C22H19FN4O2S/c1-13-6-2-3-7-14(13)10-19(28)25-21-16-11-15(30-22(16)27-26-21)12-20(29)24-18-9-5-4-8-17(18)23/h2-9,11H,10,12H2,1H3,(H,24,29)(H2,25,26,27,28). The van der Waals surface area contributed by atoms with Crippen molar-refractivity contribution in [1.82, 2.24) is 10.2 Å². The van der Waals surface area contributed by atoms with Crippen molar-refractivity contribution in [2.45, 2.75) is 19.8 Å². The van der Waals surface area contributed by atoms with Crippen molar-refractivity contribution in [3.05, 3.63) is 76.4 Å². The minimum atomic E-state index is -0.481. The Morgan fingerprint density at radius 3 is 2.57 bits per heavy atom. The van der Waals surface area contributed by atoms with Gasteiger partial charge in [-0.1, -0.05) is 36.4 Å². The number of halogens is 1. The first-order valence-corrected chi connectivity index (χ1v) is 10.2. The molecule has 0 bridgehead atoms. The highest BCUT2D eigenvalue weighted by molar-refractivity contribution is 7.18. The number of carbonyl (C=O) groups excluding carboxylic acids is 2. The first kappa shape index (κ1) is 19.8. The van der Waals surface area contributed by atoms with Gasteiger partial charge in [-0.3, -0.25) is 14.7 Å². The largest absolute Gasteiger partial charge is 0.323 e. The molecule has 2 heterocycles. The van der Waals surface area contributed by atoms with Crippen LogP contribution in [0.25, 0.3) is 10.2 Å². The number of hydrogen-bond donors (Lipinski definition) is 3. The number of thiophene rings is 1. The number of fused-ring (bicyclic) bond motifs is 1. The molecule has 0 unspecified atom stereocenters. The summed E-state index contributed by atoms with van der Waals surface area (Å²) in [5, 5.41) is 13.2. The van der Waals surface area contributed by atoms with Crippen LogP contribution < -0.4 is 10.6 Å². The minimum absolute atomic E-state index is 0.0892. The Balaban J connectivity index is 1.43. The van der Waals surface area contributed by atoms with Crippen LogP contribution in [0.15, 0.2) is 54.6 Å². The molecule has 2 aromatic heterocycles. The summed E-state index contributed by atoms with van der Waals surface area (Å²) in [4.78, 5) is 26.2. The third-order valence-corrected chi connectivity index (χ3v) is 5.69. The normalized spacial score (nSPS) is 10.9. The smallest absolute Gasteiger partial charge is 0.229 e. The molecule has 0 spiro atoms. The number of anilines is 2. The highest BCUT2D eigenvalue weighted by Crippen LogP contribution is 2.30. The highest BCUT2D eigenvalue weighted by atomic mass is 32.1. The molecule has 0 saturated carbocycles. The van der Waals surface area contributed by atoms with E-state index in [0.29, 0.717) is 10.6 Å². The molecule has 30 heavy (non-hydrogen) atoms. The van der Waals surface area contributed by atoms with E-state index in [4.69, 9.17) is 0 Å². The summed E-state index contributed by atoms with van der Waals surface area (Å²) in [6, 6.07) is 15.6. The van der Waals surface area contributed by atoms with Crippen molar-refractivity contribution in [2.24, 2.45) is 0 Å². The van der Waals surface area contributed by atoms with E-state index in [1.54, 1.807) is 12.1 Å². The van der Waals surface area contributed by atoms with Crippen LogP contribution in [0, 0.1) is 12.7 Å². The monoisotopic (exact) mass is 422 g/mol. The van der Waals surface area contributed by atoms with E-state index in [1.165, 1.54) is 23.5 Å². The summed E-state index contributed by atoms with van der Waals surface area (Å²) < 4.78 is 13.7. The molecule has 3 N–H and O–H groups in total. The molecule has 6 nitrogen and oxygen atoms in total. The van der Waals surface area contributed by atoms with Gasteiger partial charge in [-0.2, -0.15) is 5.10 Å². The van der Waals surface area contributed by atoms with E-state index < -0.39 is 5.82 Å². The molecule has 152 valence electrons. The van der Waals surface area contributed by atoms with E-state index in [0.717, 1.165) is 21.4 Å². The van der Waals surface area contributed by atoms with E-state index in [1.807, 2.05) is 37.3 Å². The van der Waals surface area contributed by atoms with Crippen LogP contribution in [-0.4, -0.2) is 22.0 Å². The second-order valence-corrected chi connectivity index (χ2v) is 8.00. The van der Waals surface area contributed by atoms with E-state index in [2.05, 4.69) is 20.8 Å². The Hall–Kier alpha value is -3.52. The Kier molecular flexibility index (Phi) is 5.58. The fourth-order valence-corrected chi connectivity index (χ4v) is 4.11. The lowest BCUT2D eigenvalue weighted by Crippen LogP contribution is -2.15. The van der Waals surface area contributed by atoms with Gasteiger partial charge in [0, 0.05) is 4.88 Å².